The molecule has 2 aromatic carbocycles. The second kappa shape index (κ2) is 5.15. The smallest absolute Gasteiger partial charge is 0.0325 e. The van der Waals surface area contributed by atoms with Crippen LogP contribution in [0.25, 0.3) is 0 Å². The summed E-state index contributed by atoms with van der Waals surface area (Å²) < 4.78 is 0. The zero-order valence-corrected chi connectivity index (χ0v) is 9.97. The van der Waals surface area contributed by atoms with Crippen LogP contribution in [0.4, 0.5) is 0 Å². The molecule has 0 unspecified atom stereocenters. The van der Waals surface area contributed by atoms with Crippen molar-refractivity contribution in [1.82, 2.24) is 0 Å². The Hall–Kier alpha value is -1.60. The van der Waals surface area contributed by atoms with Gasteiger partial charge in [-0.15, -0.1) is 0 Å². The maximum Gasteiger partial charge on any atom is 0.0325 e. The van der Waals surface area contributed by atoms with Crippen LogP contribution >= 0.6 is 0 Å². The molecular formula is C16H18N. The molecule has 17 heavy (non-hydrogen) atoms. The predicted molar refractivity (Wildman–Crippen MR) is 72.7 cm³/mol. The van der Waals surface area contributed by atoms with E-state index in [4.69, 9.17) is 5.73 Å². The Labute approximate surface area is 103 Å². The molecule has 0 saturated carbocycles. The van der Waals surface area contributed by atoms with E-state index in [0.717, 1.165) is 6.42 Å². The molecule has 0 heterocycles. The van der Waals surface area contributed by atoms with Crippen LogP contribution < -0.4 is 5.73 Å². The maximum absolute atomic E-state index is 6.04. The van der Waals surface area contributed by atoms with Crippen LogP contribution in [0.3, 0.4) is 0 Å². The number of hydrogen-bond donors (Lipinski definition) is 1. The van der Waals surface area contributed by atoms with Crippen molar-refractivity contribution in [2.45, 2.75) is 11.8 Å². The third-order valence-corrected chi connectivity index (χ3v) is 3.43. The normalized spacial score (nSPS) is 11.4. The highest BCUT2D eigenvalue weighted by atomic mass is 14.6. The zero-order chi connectivity index (χ0) is 12.1. The number of rotatable bonds is 4. The lowest BCUT2D eigenvalue weighted by atomic mass is 9.72. The summed E-state index contributed by atoms with van der Waals surface area (Å²) in [6, 6.07) is 20.8. The van der Waals surface area contributed by atoms with Crippen molar-refractivity contribution >= 4 is 0 Å². The Morgan fingerprint density at radius 3 is 1.53 bits per heavy atom. The molecule has 0 saturated heterocycles. The molecule has 0 aromatic heterocycles. The van der Waals surface area contributed by atoms with Gasteiger partial charge in [-0.3, -0.25) is 0 Å². The van der Waals surface area contributed by atoms with Gasteiger partial charge in [0.25, 0.3) is 0 Å². The average Bonchev–Trinajstić information content (AvgIpc) is 2.43. The number of hydrogen-bond acceptors (Lipinski definition) is 1. The van der Waals surface area contributed by atoms with Crippen LogP contribution in [0.2, 0.25) is 0 Å². The molecule has 0 bridgehead atoms. The summed E-state index contributed by atoms with van der Waals surface area (Å²) in [5.74, 6) is 0. The lowest BCUT2D eigenvalue weighted by Crippen LogP contribution is -2.35. The van der Waals surface area contributed by atoms with Gasteiger partial charge in [-0.1, -0.05) is 67.6 Å². The van der Waals surface area contributed by atoms with Crippen LogP contribution in [0.1, 0.15) is 17.5 Å². The summed E-state index contributed by atoms with van der Waals surface area (Å²) in [6.45, 7) is 4.68. The van der Waals surface area contributed by atoms with Gasteiger partial charge in [0.1, 0.15) is 0 Å². The summed E-state index contributed by atoms with van der Waals surface area (Å²) in [7, 11) is 0. The molecule has 2 N–H and O–H groups in total. The van der Waals surface area contributed by atoms with E-state index in [2.05, 4.69) is 55.5 Å². The second-order valence-electron chi connectivity index (χ2n) is 4.27. The molecule has 0 aliphatic carbocycles. The monoisotopic (exact) mass is 224 g/mol. The van der Waals surface area contributed by atoms with Gasteiger partial charge in [-0.05, 0) is 17.5 Å². The van der Waals surface area contributed by atoms with Crippen molar-refractivity contribution < 1.29 is 0 Å². The van der Waals surface area contributed by atoms with Crippen LogP contribution in [0.5, 0.6) is 0 Å². The van der Waals surface area contributed by atoms with Crippen molar-refractivity contribution in [3.8, 4) is 0 Å². The first-order valence-electron chi connectivity index (χ1n) is 5.94. The maximum atomic E-state index is 6.04. The molecule has 2 aromatic rings. The molecule has 1 heteroatoms. The lowest BCUT2D eigenvalue weighted by Gasteiger charge is -2.32. The summed E-state index contributed by atoms with van der Waals surface area (Å²) in [6.07, 6.45) is 0.761. The van der Waals surface area contributed by atoms with Crippen molar-refractivity contribution in [2.24, 2.45) is 5.73 Å². The summed E-state index contributed by atoms with van der Waals surface area (Å²) in [5.41, 5.74) is 8.36. The highest BCUT2D eigenvalue weighted by Gasteiger charge is 2.30. The van der Waals surface area contributed by atoms with Gasteiger partial charge >= 0.3 is 0 Å². The van der Waals surface area contributed by atoms with Crippen LogP contribution in [0.15, 0.2) is 60.7 Å². The largest absolute Gasteiger partial charge is 0.329 e. The zero-order valence-electron chi connectivity index (χ0n) is 9.97. The topological polar surface area (TPSA) is 26.0 Å². The van der Waals surface area contributed by atoms with Crippen LogP contribution in [-0.2, 0) is 5.41 Å². The Morgan fingerprint density at radius 2 is 1.24 bits per heavy atom. The minimum Gasteiger partial charge on any atom is -0.329 e. The fourth-order valence-corrected chi connectivity index (χ4v) is 2.31. The standard InChI is InChI=1S/C16H18N/c1-2-16(13-17,14-9-5-3-6-10-14)15-11-7-4-8-12-15/h3-12H,1-2,13,17H2. The predicted octanol–water partition coefficient (Wildman–Crippen LogP) is 3.16. The molecular weight excluding hydrogens is 206 g/mol. The van der Waals surface area contributed by atoms with E-state index in [1.54, 1.807) is 0 Å². The Bertz CT molecular complexity index is 402. The van der Waals surface area contributed by atoms with E-state index >= 15 is 0 Å². The fraction of sp³-hybridized carbons (Fsp3) is 0.188. The van der Waals surface area contributed by atoms with Gasteiger partial charge in [0.05, 0.1) is 0 Å². The molecule has 0 amide bonds. The van der Waals surface area contributed by atoms with Gasteiger partial charge in [0.15, 0.2) is 0 Å². The van der Waals surface area contributed by atoms with Crippen molar-refractivity contribution in [3.05, 3.63) is 78.7 Å². The third kappa shape index (κ3) is 2.11. The van der Waals surface area contributed by atoms with E-state index in [9.17, 15) is 0 Å². The second-order valence-corrected chi connectivity index (χ2v) is 4.27. The van der Waals surface area contributed by atoms with Crippen molar-refractivity contribution in [2.75, 3.05) is 6.54 Å². The molecule has 0 spiro atoms. The van der Waals surface area contributed by atoms with E-state index in [1.165, 1.54) is 11.1 Å². The first-order valence-corrected chi connectivity index (χ1v) is 5.94. The van der Waals surface area contributed by atoms with Gasteiger partial charge in [-0.2, -0.15) is 0 Å². The van der Waals surface area contributed by atoms with Crippen LogP contribution in [-0.4, -0.2) is 6.54 Å². The summed E-state index contributed by atoms with van der Waals surface area (Å²) in [5, 5.41) is 0. The van der Waals surface area contributed by atoms with E-state index < -0.39 is 0 Å². The van der Waals surface area contributed by atoms with E-state index in [-0.39, 0.29) is 5.41 Å². The number of benzene rings is 2. The van der Waals surface area contributed by atoms with E-state index in [1.807, 2.05) is 12.1 Å². The van der Waals surface area contributed by atoms with Gasteiger partial charge in [0.2, 0.25) is 0 Å². The average molecular weight is 224 g/mol. The Balaban J connectivity index is 2.54. The molecule has 0 atom stereocenters. The third-order valence-electron chi connectivity index (χ3n) is 3.43. The van der Waals surface area contributed by atoms with Crippen molar-refractivity contribution in [3.63, 3.8) is 0 Å². The van der Waals surface area contributed by atoms with Gasteiger partial charge in [-0.25, -0.2) is 0 Å². The highest BCUT2D eigenvalue weighted by Crippen LogP contribution is 2.34. The first kappa shape index (κ1) is 11.9. The highest BCUT2D eigenvalue weighted by molar-refractivity contribution is 5.40. The number of nitrogens with two attached hydrogens (primary N) is 1. The molecule has 0 aliphatic heterocycles. The molecule has 0 aliphatic rings. The molecule has 2 rings (SSSR count). The lowest BCUT2D eigenvalue weighted by molar-refractivity contribution is 0.531. The first-order chi connectivity index (χ1) is 8.33. The summed E-state index contributed by atoms with van der Waals surface area (Å²) in [4.78, 5) is 0. The quantitative estimate of drug-likeness (QED) is 0.848. The van der Waals surface area contributed by atoms with Crippen LogP contribution in [0, 0.1) is 6.92 Å². The molecule has 0 fully saturated rings. The van der Waals surface area contributed by atoms with Gasteiger partial charge < -0.3 is 5.73 Å². The minimum absolute atomic E-state index is 0.164. The van der Waals surface area contributed by atoms with E-state index in [0.29, 0.717) is 6.54 Å². The summed E-state index contributed by atoms with van der Waals surface area (Å²) >= 11 is 0. The minimum atomic E-state index is -0.164. The SMILES string of the molecule is [CH2]CC(CN)(c1ccccc1)c1ccccc1. The van der Waals surface area contributed by atoms with Crippen molar-refractivity contribution in [1.29, 1.82) is 0 Å². The molecule has 1 radical (unpaired) electrons. The fourth-order valence-electron chi connectivity index (χ4n) is 2.31. The van der Waals surface area contributed by atoms with Gasteiger partial charge in [0, 0.05) is 12.0 Å². The molecule has 1 nitrogen and oxygen atoms in total. The Morgan fingerprint density at radius 1 is 0.824 bits per heavy atom. The molecule has 87 valence electrons. The Kier molecular flexibility index (Phi) is 3.60.